The highest BCUT2D eigenvalue weighted by molar-refractivity contribution is 7.23. The molecule has 4 nitrogen and oxygen atoms in total. The Bertz CT molecular complexity index is 871. The van der Waals surface area contributed by atoms with Gasteiger partial charge >= 0.3 is 0 Å². The molecular weight excluding hydrogens is 303 g/mol. The maximum atomic E-state index is 13.3. The number of hydrogen-bond donors (Lipinski definition) is 1. The van der Waals surface area contributed by atoms with Gasteiger partial charge in [0.2, 0.25) is 5.91 Å². The van der Waals surface area contributed by atoms with Gasteiger partial charge in [0.1, 0.15) is 5.82 Å². The number of ether oxygens (including phenoxy) is 1. The van der Waals surface area contributed by atoms with Gasteiger partial charge in [0, 0.05) is 12.0 Å². The summed E-state index contributed by atoms with van der Waals surface area (Å²) in [6, 6.07) is 8.39. The number of thiazole rings is 1. The lowest BCUT2D eigenvalue weighted by atomic mass is 10.1. The second-order valence-electron chi connectivity index (χ2n) is 5.35. The number of anilines is 1. The van der Waals surface area contributed by atoms with Crippen molar-refractivity contribution in [2.45, 2.75) is 6.42 Å². The molecule has 0 unspecified atom stereocenters. The van der Waals surface area contributed by atoms with E-state index in [1.165, 1.54) is 23.5 Å². The van der Waals surface area contributed by atoms with Gasteiger partial charge in [-0.2, -0.15) is 0 Å². The standard InChI is InChI=1S/C16H13FN2O2S/c17-11-2-3-12-9(7-11)1-4-13-14(12)22-16(18-13)19-15(20)10-5-6-21-8-10/h1-4,7,10H,5-6,8H2,(H,18,19,20)/t10-/m0/s1. The predicted octanol–water partition coefficient (Wildman–Crippen LogP) is 3.56. The predicted molar refractivity (Wildman–Crippen MR) is 84.6 cm³/mol. The molecule has 1 saturated heterocycles. The topological polar surface area (TPSA) is 51.2 Å². The van der Waals surface area contributed by atoms with Crippen LogP contribution in [0.15, 0.2) is 30.3 Å². The Morgan fingerprint density at radius 3 is 3.09 bits per heavy atom. The van der Waals surface area contributed by atoms with Crippen LogP contribution < -0.4 is 5.32 Å². The maximum Gasteiger partial charge on any atom is 0.231 e. The van der Waals surface area contributed by atoms with Crippen molar-refractivity contribution in [3.05, 3.63) is 36.1 Å². The third-order valence-corrected chi connectivity index (χ3v) is 4.88. The zero-order valence-electron chi connectivity index (χ0n) is 11.6. The number of nitrogens with one attached hydrogen (secondary N) is 1. The van der Waals surface area contributed by atoms with Crippen molar-refractivity contribution >= 4 is 43.4 Å². The van der Waals surface area contributed by atoms with Crippen molar-refractivity contribution in [2.24, 2.45) is 5.92 Å². The maximum absolute atomic E-state index is 13.3. The molecule has 2 heterocycles. The van der Waals surface area contributed by atoms with Crippen LogP contribution in [0.25, 0.3) is 21.0 Å². The van der Waals surface area contributed by atoms with Crippen LogP contribution in [-0.2, 0) is 9.53 Å². The van der Waals surface area contributed by atoms with E-state index in [-0.39, 0.29) is 17.6 Å². The van der Waals surface area contributed by atoms with Crippen molar-refractivity contribution in [3.63, 3.8) is 0 Å². The second-order valence-corrected chi connectivity index (χ2v) is 6.35. The molecule has 0 saturated carbocycles. The number of aromatic nitrogens is 1. The molecule has 112 valence electrons. The minimum atomic E-state index is -0.258. The molecule has 0 radical (unpaired) electrons. The van der Waals surface area contributed by atoms with E-state index in [1.807, 2.05) is 12.1 Å². The lowest BCUT2D eigenvalue weighted by molar-refractivity contribution is -0.119. The van der Waals surface area contributed by atoms with Crippen LogP contribution >= 0.6 is 11.3 Å². The third-order valence-electron chi connectivity index (χ3n) is 3.86. The van der Waals surface area contributed by atoms with Crippen LogP contribution in [0.1, 0.15) is 6.42 Å². The lowest BCUT2D eigenvalue weighted by Crippen LogP contribution is -2.22. The van der Waals surface area contributed by atoms with E-state index in [0.29, 0.717) is 18.3 Å². The number of halogens is 1. The highest BCUT2D eigenvalue weighted by Crippen LogP contribution is 2.33. The SMILES string of the molecule is O=C(Nc1nc2ccc3cc(F)ccc3c2s1)[C@H]1CCOC1. The second kappa shape index (κ2) is 5.30. The molecule has 1 N–H and O–H groups in total. The highest BCUT2D eigenvalue weighted by atomic mass is 32.1. The minimum Gasteiger partial charge on any atom is -0.381 e. The van der Waals surface area contributed by atoms with Crippen LogP contribution in [0.2, 0.25) is 0 Å². The van der Waals surface area contributed by atoms with Gasteiger partial charge in [-0.05, 0) is 36.1 Å². The zero-order valence-corrected chi connectivity index (χ0v) is 12.5. The number of benzene rings is 2. The number of nitrogens with zero attached hydrogens (tertiary/aromatic N) is 1. The monoisotopic (exact) mass is 316 g/mol. The quantitative estimate of drug-likeness (QED) is 0.786. The average molecular weight is 316 g/mol. The molecule has 1 aromatic heterocycles. The first kappa shape index (κ1) is 13.6. The van der Waals surface area contributed by atoms with Crippen LogP contribution in [0.4, 0.5) is 9.52 Å². The molecule has 1 aliphatic rings. The normalized spacial score (nSPS) is 18.1. The Hall–Kier alpha value is -2.05. The van der Waals surface area contributed by atoms with E-state index in [9.17, 15) is 9.18 Å². The first-order valence-electron chi connectivity index (χ1n) is 7.08. The van der Waals surface area contributed by atoms with Gasteiger partial charge in [0.15, 0.2) is 5.13 Å². The fraction of sp³-hybridized carbons (Fsp3) is 0.250. The van der Waals surface area contributed by atoms with Gasteiger partial charge in [0.05, 0.1) is 22.7 Å². The van der Waals surface area contributed by atoms with Gasteiger partial charge in [-0.1, -0.05) is 17.4 Å². The van der Waals surface area contributed by atoms with E-state index < -0.39 is 0 Å². The van der Waals surface area contributed by atoms with Crippen LogP contribution in [-0.4, -0.2) is 24.1 Å². The summed E-state index contributed by atoms with van der Waals surface area (Å²) in [5.74, 6) is -0.407. The summed E-state index contributed by atoms with van der Waals surface area (Å²) < 4.78 is 19.5. The molecule has 0 aliphatic carbocycles. The summed E-state index contributed by atoms with van der Waals surface area (Å²) in [7, 11) is 0. The average Bonchev–Trinajstić information content (AvgIpc) is 3.15. The van der Waals surface area contributed by atoms with Crippen molar-refractivity contribution < 1.29 is 13.9 Å². The van der Waals surface area contributed by atoms with Gasteiger partial charge in [-0.25, -0.2) is 9.37 Å². The van der Waals surface area contributed by atoms with Gasteiger partial charge in [-0.15, -0.1) is 0 Å². The van der Waals surface area contributed by atoms with E-state index >= 15 is 0 Å². The van der Waals surface area contributed by atoms with Crippen molar-refractivity contribution in [3.8, 4) is 0 Å². The number of carbonyl (C=O) groups excluding carboxylic acids is 1. The third kappa shape index (κ3) is 2.34. The Kier molecular flexibility index (Phi) is 3.28. The van der Waals surface area contributed by atoms with Gasteiger partial charge in [-0.3, -0.25) is 4.79 Å². The molecule has 0 spiro atoms. The molecule has 1 aliphatic heterocycles. The number of amides is 1. The molecule has 3 aromatic rings. The zero-order chi connectivity index (χ0) is 15.1. The molecule has 2 aromatic carbocycles. The number of fused-ring (bicyclic) bond motifs is 3. The molecule has 1 fully saturated rings. The lowest BCUT2D eigenvalue weighted by Gasteiger charge is -2.05. The van der Waals surface area contributed by atoms with E-state index in [2.05, 4.69) is 10.3 Å². The van der Waals surface area contributed by atoms with Crippen LogP contribution in [0, 0.1) is 11.7 Å². The first-order valence-corrected chi connectivity index (χ1v) is 7.90. The highest BCUT2D eigenvalue weighted by Gasteiger charge is 2.24. The van der Waals surface area contributed by atoms with E-state index in [4.69, 9.17) is 4.74 Å². The Labute approximate surface area is 129 Å². The summed E-state index contributed by atoms with van der Waals surface area (Å²) in [5.41, 5.74) is 0.807. The minimum absolute atomic E-state index is 0.0492. The van der Waals surface area contributed by atoms with E-state index in [0.717, 1.165) is 27.4 Å². The number of carbonyl (C=O) groups is 1. The fourth-order valence-corrected chi connectivity index (χ4v) is 3.69. The van der Waals surface area contributed by atoms with Crippen LogP contribution in [0.5, 0.6) is 0 Å². The van der Waals surface area contributed by atoms with Crippen LogP contribution in [0.3, 0.4) is 0 Å². The Balaban J connectivity index is 1.70. The largest absolute Gasteiger partial charge is 0.381 e. The van der Waals surface area contributed by atoms with Crippen molar-refractivity contribution in [1.82, 2.24) is 4.98 Å². The fourth-order valence-electron chi connectivity index (χ4n) is 2.69. The number of hydrogen-bond acceptors (Lipinski definition) is 4. The summed E-state index contributed by atoms with van der Waals surface area (Å²) in [6.45, 7) is 1.10. The van der Waals surface area contributed by atoms with Crippen molar-refractivity contribution in [1.29, 1.82) is 0 Å². The molecular formula is C16H13FN2O2S. The summed E-state index contributed by atoms with van der Waals surface area (Å²) in [5, 5.41) is 5.21. The van der Waals surface area contributed by atoms with E-state index in [1.54, 1.807) is 6.07 Å². The Morgan fingerprint density at radius 1 is 1.36 bits per heavy atom. The number of rotatable bonds is 2. The molecule has 22 heavy (non-hydrogen) atoms. The van der Waals surface area contributed by atoms with Crippen molar-refractivity contribution in [2.75, 3.05) is 18.5 Å². The molecule has 4 rings (SSSR count). The Morgan fingerprint density at radius 2 is 2.27 bits per heavy atom. The smallest absolute Gasteiger partial charge is 0.231 e. The van der Waals surface area contributed by atoms with Gasteiger partial charge in [0.25, 0.3) is 0 Å². The van der Waals surface area contributed by atoms with Gasteiger partial charge < -0.3 is 10.1 Å². The summed E-state index contributed by atoms with van der Waals surface area (Å²) in [6.07, 6.45) is 0.749. The first-order chi connectivity index (χ1) is 10.7. The molecule has 0 bridgehead atoms. The summed E-state index contributed by atoms with van der Waals surface area (Å²) in [4.78, 5) is 16.6. The molecule has 6 heteroatoms. The summed E-state index contributed by atoms with van der Waals surface area (Å²) >= 11 is 1.41. The molecule has 1 atom stereocenters. The molecule has 1 amide bonds.